The molecule has 0 fully saturated rings. The summed E-state index contributed by atoms with van der Waals surface area (Å²) in [7, 11) is -9.90. The lowest BCUT2D eigenvalue weighted by atomic mass is 10.0. The van der Waals surface area contributed by atoms with Crippen LogP contribution in [0.15, 0.2) is 0 Å². The monoisotopic (exact) mass is 1370 g/mol. The first-order valence-electron chi connectivity index (χ1n) is 38.6. The van der Waals surface area contributed by atoms with Crippen LogP contribution in [0.25, 0.3) is 0 Å². The Morgan fingerprint density at radius 1 is 0.290 bits per heavy atom. The molecule has 0 bridgehead atoms. The van der Waals surface area contributed by atoms with Gasteiger partial charge in [-0.1, -0.05) is 336 Å². The SMILES string of the molecule is CCCCCCCCCCCCCCCCCCC(=O)OC[C@H](COP(=O)(O)OC[C@@H](O)COP(=O)(O)OC[C@@H](COC(=O)CCCCCCC)OC(=O)CCCCCCCCCCCCCCCCC)OC(=O)CCCCCCCCCCCCCCCCC(C)C. The Kier molecular flexibility index (Phi) is 65.9. The van der Waals surface area contributed by atoms with Crippen LogP contribution < -0.4 is 0 Å². The number of carbonyl (C=O) groups is 4. The zero-order valence-electron chi connectivity index (χ0n) is 60.4. The van der Waals surface area contributed by atoms with Gasteiger partial charge in [-0.25, -0.2) is 9.13 Å². The van der Waals surface area contributed by atoms with Crippen molar-refractivity contribution in [1.29, 1.82) is 0 Å². The zero-order chi connectivity index (χ0) is 68.4. The lowest BCUT2D eigenvalue weighted by Gasteiger charge is -2.21. The van der Waals surface area contributed by atoms with Crippen molar-refractivity contribution in [3.63, 3.8) is 0 Å². The maximum Gasteiger partial charge on any atom is 0.472 e. The molecular weight excluding hydrogens is 1220 g/mol. The summed E-state index contributed by atoms with van der Waals surface area (Å²) in [5.41, 5.74) is 0. The first-order valence-corrected chi connectivity index (χ1v) is 41.6. The smallest absolute Gasteiger partial charge is 0.462 e. The molecule has 0 spiro atoms. The van der Waals surface area contributed by atoms with Gasteiger partial charge < -0.3 is 33.8 Å². The molecule has 0 heterocycles. The first kappa shape index (κ1) is 91.1. The molecule has 5 atom stereocenters. The predicted octanol–water partition coefficient (Wildman–Crippen LogP) is 21.7. The second-order valence-electron chi connectivity index (χ2n) is 27.2. The molecule has 0 rings (SSSR count). The third-order valence-electron chi connectivity index (χ3n) is 17.3. The van der Waals surface area contributed by atoms with Gasteiger partial charge in [0.2, 0.25) is 0 Å². The minimum Gasteiger partial charge on any atom is -0.462 e. The molecule has 0 amide bonds. The van der Waals surface area contributed by atoms with E-state index in [1.165, 1.54) is 205 Å². The zero-order valence-corrected chi connectivity index (χ0v) is 62.2. The standard InChI is InChI=1S/C74H144O17P2/c1-6-9-12-15-17-19-21-23-25-27-31-35-39-43-48-53-58-72(77)85-64-70(91-74(79)60-55-50-45-41-37-33-29-28-30-34-38-42-47-51-56-67(4)5)66-89-93(82,83)87-62-68(75)61-86-92(80,81)88-65-69(63-84-71(76)57-52-46-14-11-8-3)90-73(78)59-54-49-44-40-36-32-26-24-22-20-18-16-13-10-7-2/h67-70,75H,6-66H2,1-5H3,(H,80,81)(H,82,83)/t68-,69+,70+/m0/s1. The molecule has 0 saturated carbocycles. The van der Waals surface area contributed by atoms with Crippen LogP contribution in [-0.4, -0.2) is 96.7 Å². The minimum absolute atomic E-state index is 0.107. The average Bonchev–Trinajstić information content (AvgIpc) is 1.84. The quantitative estimate of drug-likeness (QED) is 0.0222. The summed E-state index contributed by atoms with van der Waals surface area (Å²) in [4.78, 5) is 72.5. The summed E-state index contributed by atoms with van der Waals surface area (Å²) in [5.74, 6) is -1.33. The summed E-state index contributed by atoms with van der Waals surface area (Å²) >= 11 is 0. The number of unbranched alkanes of at least 4 members (excludes halogenated alkanes) is 46. The number of aliphatic hydroxyl groups is 1. The van der Waals surface area contributed by atoms with Crippen LogP contribution in [0.2, 0.25) is 0 Å². The van der Waals surface area contributed by atoms with Gasteiger partial charge in [0.25, 0.3) is 0 Å². The number of carbonyl (C=O) groups excluding carboxylic acids is 4. The van der Waals surface area contributed by atoms with Gasteiger partial charge in [-0.2, -0.15) is 0 Å². The molecule has 19 heteroatoms. The third kappa shape index (κ3) is 68.4. The van der Waals surface area contributed by atoms with Gasteiger partial charge >= 0.3 is 39.5 Å². The fourth-order valence-corrected chi connectivity index (χ4v) is 12.9. The fraction of sp³-hybridized carbons (Fsp3) is 0.946. The van der Waals surface area contributed by atoms with Crippen molar-refractivity contribution in [2.75, 3.05) is 39.6 Å². The molecule has 0 aliphatic rings. The normalized spacial score (nSPS) is 14.0. The Morgan fingerprint density at radius 2 is 0.495 bits per heavy atom. The molecule has 0 aromatic rings. The summed E-state index contributed by atoms with van der Waals surface area (Å²) in [6.45, 7) is 7.22. The van der Waals surface area contributed by atoms with Gasteiger partial charge in [-0.05, 0) is 31.6 Å². The molecule has 552 valence electrons. The molecular formula is C74H144O17P2. The largest absolute Gasteiger partial charge is 0.472 e. The number of hydrogen-bond donors (Lipinski definition) is 3. The molecule has 93 heavy (non-hydrogen) atoms. The predicted molar refractivity (Wildman–Crippen MR) is 377 cm³/mol. The number of ether oxygens (including phenoxy) is 4. The van der Waals surface area contributed by atoms with Crippen LogP contribution in [0.3, 0.4) is 0 Å². The van der Waals surface area contributed by atoms with Crippen molar-refractivity contribution in [1.82, 2.24) is 0 Å². The van der Waals surface area contributed by atoms with E-state index in [1.807, 2.05) is 0 Å². The van der Waals surface area contributed by atoms with Gasteiger partial charge in [0, 0.05) is 25.7 Å². The minimum atomic E-state index is -4.95. The van der Waals surface area contributed by atoms with Crippen molar-refractivity contribution in [3.05, 3.63) is 0 Å². The van der Waals surface area contributed by atoms with Gasteiger partial charge in [0.05, 0.1) is 26.4 Å². The van der Waals surface area contributed by atoms with Crippen LogP contribution in [0.4, 0.5) is 0 Å². The summed E-state index contributed by atoms with van der Waals surface area (Å²) < 4.78 is 68.3. The van der Waals surface area contributed by atoms with Crippen LogP contribution in [0.1, 0.15) is 388 Å². The van der Waals surface area contributed by atoms with E-state index in [-0.39, 0.29) is 25.7 Å². The van der Waals surface area contributed by atoms with Crippen molar-refractivity contribution >= 4 is 39.5 Å². The van der Waals surface area contributed by atoms with E-state index >= 15 is 0 Å². The lowest BCUT2D eigenvalue weighted by molar-refractivity contribution is -0.161. The highest BCUT2D eigenvalue weighted by Crippen LogP contribution is 2.45. The van der Waals surface area contributed by atoms with Gasteiger partial charge in [0.1, 0.15) is 19.3 Å². The molecule has 0 aromatic heterocycles. The van der Waals surface area contributed by atoms with Crippen molar-refractivity contribution in [2.45, 2.75) is 406 Å². The summed E-state index contributed by atoms with van der Waals surface area (Å²) in [5, 5.41) is 10.6. The number of phosphoric ester groups is 2. The molecule has 0 aliphatic carbocycles. The van der Waals surface area contributed by atoms with Gasteiger partial charge in [-0.3, -0.25) is 37.3 Å². The number of phosphoric acid groups is 2. The molecule has 2 unspecified atom stereocenters. The van der Waals surface area contributed by atoms with E-state index in [0.717, 1.165) is 102 Å². The Hall–Kier alpha value is -1.94. The third-order valence-corrected chi connectivity index (χ3v) is 19.2. The Morgan fingerprint density at radius 3 is 0.731 bits per heavy atom. The second-order valence-corrected chi connectivity index (χ2v) is 30.1. The van der Waals surface area contributed by atoms with E-state index in [1.54, 1.807) is 0 Å². The van der Waals surface area contributed by atoms with E-state index in [2.05, 4.69) is 34.6 Å². The lowest BCUT2D eigenvalue weighted by Crippen LogP contribution is -2.30. The van der Waals surface area contributed by atoms with E-state index in [9.17, 15) is 43.2 Å². The Labute approximate surface area is 568 Å². The highest BCUT2D eigenvalue weighted by atomic mass is 31.2. The van der Waals surface area contributed by atoms with Gasteiger partial charge in [-0.15, -0.1) is 0 Å². The average molecular weight is 1370 g/mol. The number of hydrogen-bond acceptors (Lipinski definition) is 15. The van der Waals surface area contributed by atoms with Gasteiger partial charge in [0.15, 0.2) is 12.2 Å². The van der Waals surface area contributed by atoms with Crippen molar-refractivity contribution in [3.8, 4) is 0 Å². The Balaban J connectivity index is 5.14. The summed E-state index contributed by atoms with van der Waals surface area (Å²) in [6, 6.07) is 0. The van der Waals surface area contributed by atoms with Crippen molar-refractivity contribution in [2.24, 2.45) is 5.92 Å². The number of aliphatic hydroxyl groups excluding tert-OH is 1. The fourth-order valence-electron chi connectivity index (χ4n) is 11.4. The molecule has 0 aliphatic heterocycles. The van der Waals surface area contributed by atoms with Crippen molar-refractivity contribution < 1.29 is 80.2 Å². The van der Waals surface area contributed by atoms with Crippen LogP contribution in [0, 0.1) is 5.92 Å². The second kappa shape index (κ2) is 67.3. The van der Waals surface area contributed by atoms with E-state index in [4.69, 9.17) is 37.0 Å². The molecule has 0 radical (unpaired) electrons. The van der Waals surface area contributed by atoms with E-state index < -0.39 is 97.5 Å². The van der Waals surface area contributed by atoms with Crippen LogP contribution in [0.5, 0.6) is 0 Å². The molecule has 0 saturated heterocycles. The summed E-state index contributed by atoms with van der Waals surface area (Å²) in [6.07, 6.45) is 55.8. The molecule has 3 N–H and O–H groups in total. The Bertz CT molecular complexity index is 1790. The van der Waals surface area contributed by atoms with E-state index in [0.29, 0.717) is 25.7 Å². The van der Waals surface area contributed by atoms with Crippen LogP contribution >= 0.6 is 15.6 Å². The topological polar surface area (TPSA) is 237 Å². The van der Waals surface area contributed by atoms with Crippen LogP contribution in [-0.2, 0) is 65.4 Å². The highest BCUT2D eigenvalue weighted by molar-refractivity contribution is 7.47. The first-order chi connectivity index (χ1) is 45.0. The highest BCUT2D eigenvalue weighted by Gasteiger charge is 2.30. The number of rotatable bonds is 74. The maximum absolute atomic E-state index is 13.1. The molecule has 0 aromatic carbocycles. The number of esters is 4. The molecule has 17 nitrogen and oxygen atoms in total. The maximum atomic E-state index is 13.1.